The summed E-state index contributed by atoms with van der Waals surface area (Å²) < 4.78 is 10.6. The highest BCUT2D eigenvalue weighted by molar-refractivity contribution is 6.00. The van der Waals surface area contributed by atoms with E-state index in [-0.39, 0.29) is 0 Å². The van der Waals surface area contributed by atoms with Crippen molar-refractivity contribution in [3.05, 3.63) is 54.1 Å². The van der Waals surface area contributed by atoms with Crippen molar-refractivity contribution in [2.45, 2.75) is 32.8 Å². The van der Waals surface area contributed by atoms with Crippen LogP contribution in [0.5, 0.6) is 5.75 Å². The van der Waals surface area contributed by atoms with E-state index in [1.54, 1.807) is 36.4 Å². The van der Waals surface area contributed by atoms with E-state index in [0.29, 0.717) is 22.7 Å². The smallest absolute Gasteiger partial charge is 0.341 e. The molecule has 0 aliphatic heterocycles. The minimum atomic E-state index is -0.953. The number of esters is 1. The van der Waals surface area contributed by atoms with Crippen LogP contribution in [0.2, 0.25) is 0 Å². The second-order valence-corrected chi connectivity index (χ2v) is 6.06. The highest BCUT2D eigenvalue weighted by Gasteiger charge is 2.21. The van der Waals surface area contributed by atoms with Gasteiger partial charge in [0.05, 0.1) is 18.4 Å². The van der Waals surface area contributed by atoms with Crippen LogP contribution in [-0.2, 0) is 9.53 Å². The fourth-order valence-electron chi connectivity index (χ4n) is 2.47. The van der Waals surface area contributed by atoms with Crippen molar-refractivity contribution in [1.82, 2.24) is 0 Å². The first-order valence-electron chi connectivity index (χ1n) is 9.04. The molecule has 0 bridgehead atoms. The molecule has 0 aromatic heterocycles. The number of carbonyl (C=O) groups excluding carboxylic acids is 2. The van der Waals surface area contributed by atoms with E-state index in [4.69, 9.17) is 9.47 Å². The number of nitrogens with one attached hydrogen (secondary N) is 2. The number of ether oxygens (including phenoxy) is 2. The van der Waals surface area contributed by atoms with Gasteiger partial charge in [-0.3, -0.25) is 4.79 Å². The number of anilines is 2. The molecule has 2 N–H and O–H groups in total. The summed E-state index contributed by atoms with van der Waals surface area (Å²) in [5, 5.41) is 5.95. The van der Waals surface area contributed by atoms with Gasteiger partial charge >= 0.3 is 5.97 Å². The molecular formula is C21H26N2O4. The van der Waals surface area contributed by atoms with Gasteiger partial charge in [0.1, 0.15) is 5.75 Å². The van der Waals surface area contributed by atoms with E-state index in [1.165, 1.54) is 14.0 Å². The second-order valence-electron chi connectivity index (χ2n) is 6.06. The lowest BCUT2D eigenvalue weighted by molar-refractivity contribution is -0.123. The normalized spacial score (nSPS) is 11.4. The maximum atomic E-state index is 12.5. The van der Waals surface area contributed by atoms with Crippen molar-refractivity contribution in [2.24, 2.45) is 0 Å². The summed E-state index contributed by atoms with van der Waals surface area (Å²) in [7, 11) is 1.52. The summed E-state index contributed by atoms with van der Waals surface area (Å²) in [6.07, 6.45) is 1.10. The molecule has 6 heteroatoms. The molecule has 0 saturated heterocycles. The highest BCUT2D eigenvalue weighted by Crippen LogP contribution is 2.23. The summed E-state index contributed by atoms with van der Waals surface area (Å²) in [5.41, 5.74) is 1.63. The molecule has 6 nitrogen and oxygen atoms in total. The Morgan fingerprint density at radius 3 is 2.41 bits per heavy atom. The van der Waals surface area contributed by atoms with Crippen molar-refractivity contribution in [3.63, 3.8) is 0 Å². The third-order valence-electron chi connectivity index (χ3n) is 4.01. The van der Waals surface area contributed by atoms with Gasteiger partial charge < -0.3 is 20.1 Å². The summed E-state index contributed by atoms with van der Waals surface area (Å²) in [5.74, 6) is -0.434. The van der Waals surface area contributed by atoms with E-state index in [2.05, 4.69) is 17.6 Å². The standard InChI is InChI=1S/C21H26N2O4/c1-4-5-14-22-17-11-7-6-10-16(17)21(25)27-15(2)20(24)23-18-12-8-9-13-19(18)26-3/h6-13,15,22H,4-5,14H2,1-3H3,(H,23,24). The number of hydrogen-bond acceptors (Lipinski definition) is 5. The molecule has 0 fully saturated rings. The van der Waals surface area contributed by atoms with Crippen LogP contribution in [-0.4, -0.2) is 31.6 Å². The first kappa shape index (κ1) is 20.3. The zero-order valence-corrected chi connectivity index (χ0v) is 16.0. The minimum absolute atomic E-state index is 0.408. The van der Waals surface area contributed by atoms with Gasteiger partial charge in [0, 0.05) is 12.2 Å². The highest BCUT2D eigenvalue weighted by atomic mass is 16.5. The van der Waals surface area contributed by atoms with Gasteiger partial charge in [-0.25, -0.2) is 4.79 Å². The largest absolute Gasteiger partial charge is 0.495 e. The number of methoxy groups -OCH3 is 1. The Hall–Kier alpha value is -3.02. The number of rotatable bonds is 9. The Morgan fingerprint density at radius 2 is 1.70 bits per heavy atom. The molecule has 1 atom stereocenters. The molecule has 0 radical (unpaired) electrons. The van der Waals surface area contributed by atoms with Crippen LogP contribution >= 0.6 is 0 Å². The van der Waals surface area contributed by atoms with Crippen molar-refractivity contribution >= 4 is 23.3 Å². The monoisotopic (exact) mass is 370 g/mol. The molecule has 0 aliphatic carbocycles. The molecule has 0 saturated carbocycles. The zero-order chi connectivity index (χ0) is 19.6. The lowest BCUT2D eigenvalue weighted by Gasteiger charge is -2.16. The van der Waals surface area contributed by atoms with Gasteiger partial charge in [0.15, 0.2) is 6.10 Å². The number of benzene rings is 2. The van der Waals surface area contributed by atoms with Gasteiger partial charge in [-0.05, 0) is 37.6 Å². The molecule has 0 aliphatic rings. The molecule has 1 amide bonds. The third kappa shape index (κ3) is 5.74. The first-order chi connectivity index (χ1) is 13.1. The summed E-state index contributed by atoms with van der Waals surface area (Å²) in [4.78, 5) is 24.9. The molecule has 144 valence electrons. The van der Waals surface area contributed by atoms with Crippen LogP contribution in [0, 0.1) is 0 Å². The number of carbonyl (C=O) groups is 2. The van der Waals surface area contributed by atoms with Crippen LogP contribution in [0.25, 0.3) is 0 Å². The first-order valence-corrected chi connectivity index (χ1v) is 9.04. The summed E-state index contributed by atoms with van der Waals surface area (Å²) in [6, 6.07) is 14.2. The van der Waals surface area contributed by atoms with Crippen molar-refractivity contribution in [1.29, 1.82) is 0 Å². The third-order valence-corrected chi connectivity index (χ3v) is 4.01. The van der Waals surface area contributed by atoms with Crippen LogP contribution in [0.3, 0.4) is 0 Å². The lowest BCUT2D eigenvalue weighted by Crippen LogP contribution is -2.30. The van der Waals surface area contributed by atoms with E-state index in [0.717, 1.165) is 19.4 Å². The van der Waals surface area contributed by atoms with E-state index in [9.17, 15) is 9.59 Å². The Kier molecular flexibility index (Phi) is 7.67. The van der Waals surface area contributed by atoms with E-state index < -0.39 is 18.0 Å². The zero-order valence-electron chi connectivity index (χ0n) is 16.0. The van der Waals surface area contributed by atoms with E-state index >= 15 is 0 Å². The van der Waals surface area contributed by atoms with Crippen LogP contribution < -0.4 is 15.4 Å². The minimum Gasteiger partial charge on any atom is -0.495 e. The molecule has 2 aromatic carbocycles. The number of amides is 1. The molecule has 0 heterocycles. The quantitative estimate of drug-likeness (QED) is 0.513. The molecule has 27 heavy (non-hydrogen) atoms. The fourth-order valence-corrected chi connectivity index (χ4v) is 2.47. The van der Waals surface area contributed by atoms with Gasteiger partial charge in [0.2, 0.25) is 0 Å². The van der Waals surface area contributed by atoms with E-state index in [1.807, 2.05) is 12.1 Å². The Balaban J connectivity index is 2.01. The van der Waals surface area contributed by atoms with Crippen LogP contribution in [0.4, 0.5) is 11.4 Å². The van der Waals surface area contributed by atoms with Gasteiger partial charge in [-0.2, -0.15) is 0 Å². The van der Waals surface area contributed by atoms with Gasteiger partial charge in [0.25, 0.3) is 5.91 Å². The fraction of sp³-hybridized carbons (Fsp3) is 0.333. The SMILES string of the molecule is CCCCNc1ccccc1C(=O)OC(C)C(=O)Nc1ccccc1OC. The average molecular weight is 370 g/mol. The molecule has 1 unspecified atom stereocenters. The molecule has 2 rings (SSSR count). The maximum absolute atomic E-state index is 12.5. The molecule has 0 spiro atoms. The molecular weight excluding hydrogens is 344 g/mol. The van der Waals surface area contributed by atoms with Crippen molar-refractivity contribution < 1.29 is 19.1 Å². The number of para-hydroxylation sites is 3. The Labute approximate surface area is 159 Å². The Bertz CT molecular complexity index is 776. The topological polar surface area (TPSA) is 76.7 Å². The second kappa shape index (κ2) is 10.2. The van der Waals surface area contributed by atoms with Crippen LogP contribution in [0.15, 0.2) is 48.5 Å². The summed E-state index contributed by atoms with van der Waals surface area (Å²) in [6.45, 7) is 4.41. The van der Waals surface area contributed by atoms with Crippen molar-refractivity contribution in [2.75, 3.05) is 24.3 Å². The predicted octanol–water partition coefficient (Wildman–Crippen LogP) is 4.09. The lowest BCUT2D eigenvalue weighted by atomic mass is 10.1. The predicted molar refractivity (Wildman–Crippen MR) is 106 cm³/mol. The van der Waals surface area contributed by atoms with Gasteiger partial charge in [-0.1, -0.05) is 37.6 Å². The van der Waals surface area contributed by atoms with Crippen molar-refractivity contribution in [3.8, 4) is 5.75 Å². The Morgan fingerprint density at radius 1 is 1.04 bits per heavy atom. The maximum Gasteiger partial charge on any atom is 0.341 e. The number of hydrogen-bond donors (Lipinski definition) is 2. The average Bonchev–Trinajstić information content (AvgIpc) is 2.68. The number of unbranched alkanes of at least 4 members (excludes halogenated alkanes) is 1. The molecule has 2 aromatic rings. The van der Waals surface area contributed by atoms with Crippen LogP contribution in [0.1, 0.15) is 37.0 Å². The summed E-state index contributed by atoms with van der Waals surface area (Å²) >= 11 is 0. The van der Waals surface area contributed by atoms with Gasteiger partial charge in [-0.15, -0.1) is 0 Å².